The predicted molar refractivity (Wildman–Crippen MR) is 235 cm³/mol. The third-order valence-electron chi connectivity index (χ3n) is 11.1. The minimum Gasteiger partial charge on any atom is -0.481 e. The highest BCUT2D eigenvalue weighted by atomic mass is 35.5. The third-order valence-corrected chi connectivity index (χ3v) is 12.5. The van der Waals surface area contributed by atoms with Crippen LogP contribution in [-0.2, 0) is 19.0 Å². The van der Waals surface area contributed by atoms with E-state index in [9.17, 15) is 19.6 Å². The van der Waals surface area contributed by atoms with Gasteiger partial charge < -0.3 is 29.0 Å². The van der Waals surface area contributed by atoms with Crippen LogP contribution in [0, 0.1) is 23.0 Å². The number of anilines is 2. The number of halogens is 3. The second-order valence-electron chi connectivity index (χ2n) is 18.0. The van der Waals surface area contributed by atoms with Gasteiger partial charge in [-0.1, -0.05) is 17.7 Å². The smallest absolute Gasteiger partial charge is 0.412 e. The van der Waals surface area contributed by atoms with Gasteiger partial charge in [-0.25, -0.2) is 18.4 Å². The highest BCUT2D eigenvalue weighted by molar-refractivity contribution is 7.23. The maximum absolute atomic E-state index is 17.5. The van der Waals surface area contributed by atoms with E-state index in [0.29, 0.717) is 43.9 Å². The lowest BCUT2D eigenvalue weighted by Crippen LogP contribution is -2.57. The van der Waals surface area contributed by atoms with E-state index in [1.54, 1.807) is 31.7 Å². The molecule has 4 aromatic rings. The summed E-state index contributed by atoms with van der Waals surface area (Å²) in [6, 6.07) is 5.64. The van der Waals surface area contributed by atoms with Gasteiger partial charge in [0.1, 0.15) is 46.0 Å². The molecule has 3 aliphatic rings. The zero-order valence-corrected chi connectivity index (χ0v) is 37.8. The molecule has 3 atom stereocenters. The van der Waals surface area contributed by atoms with Gasteiger partial charge in [-0.05, 0) is 97.9 Å². The molecule has 2 bridgehead atoms. The second-order valence-corrected chi connectivity index (χ2v) is 19.5. The van der Waals surface area contributed by atoms with Gasteiger partial charge in [0.25, 0.3) is 0 Å². The van der Waals surface area contributed by atoms with E-state index in [0.717, 1.165) is 49.6 Å². The number of likely N-dealkylation sites (tertiary alicyclic amines) is 1. The van der Waals surface area contributed by atoms with Crippen molar-refractivity contribution in [3.63, 3.8) is 0 Å². The van der Waals surface area contributed by atoms with Crippen LogP contribution in [0.3, 0.4) is 0 Å². The summed E-state index contributed by atoms with van der Waals surface area (Å²) in [7, 11) is 0. The Morgan fingerprint density at radius 3 is 2.41 bits per heavy atom. The van der Waals surface area contributed by atoms with Gasteiger partial charge in [0.05, 0.1) is 40.4 Å². The molecule has 0 aliphatic carbocycles. The highest BCUT2D eigenvalue weighted by Crippen LogP contribution is 2.47. The number of carbonyl (C=O) groups is 3. The van der Waals surface area contributed by atoms with Crippen LogP contribution in [0.15, 0.2) is 18.2 Å². The average molecular weight is 912 g/mol. The Morgan fingerprint density at radius 1 is 1.03 bits per heavy atom. The number of fused-ring (bicyclic) bond motifs is 4. The van der Waals surface area contributed by atoms with Crippen molar-refractivity contribution in [2.45, 2.75) is 109 Å². The zero-order chi connectivity index (χ0) is 45.4. The summed E-state index contributed by atoms with van der Waals surface area (Å²) < 4.78 is 56.0. The molecule has 3 fully saturated rings. The maximum Gasteiger partial charge on any atom is 0.412 e. The normalized spacial score (nSPS) is 19.1. The summed E-state index contributed by atoms with van der Waals surface area (Å²) in [4.78, 5) is 52.5. The predicted octanol–water partition coefficient (Wildman–Crippen LogP) is 8.97. The van der Waals surface area contributed by atoms with Gasteiger partial charge in [0, 0.05) is 48.6 Å². The minimum absolute atomic E-state index is 0.00402. The fourth-order valence-corrected chi connectivity index (χ4v) is 9.91. The number of hydrogen-bond donors (Lipinski definition) is 2. The Hall–Kier alpha value is -5.09. The Labute approximate surface area is 373 Å². The van der Waals surface area contributed by atoms with E-state index in [4.69, 9.17) is 40.6 Å². The number of rotatable bonds is 13. The molecule has 19 heteroatoms. The molecule has 2 aromatic heterocycles. The average Bonchev–Trinajstić information content (AvgIpc) is 3.87. The van der Waals surface area contributed by atoms with Crippen LogP contribution in [0.4, 0.5) is 29.2 Å². The molecule has 0 spiro atoms. The van der Waals surface area contributed by atoms with Crippen molar-refractivity contribution in [1.29, 1.82) is 5.26 Å². The number of nitriles is 1. The number of thiophene rings is 1. The largest absolute Gasteiger partial charge is 0.481 e. The van der Waals surface area contributed by atoms with Gasteiger partial charge in [-0.2, -0.15) is 15.2 Å². The summed E-state index contributed by atoms with van der Waals surface area (Å²) in [5.41, 5.74) is -1.76. The molecule has 0 unspecified atom stereocenters. The number of carboxylic acids is 1. The van der Waals surface area contributed by atoms with Crippen LogP contribution in [0.1, 0.15) is 85.6 Å². The number of amides is 2. The lowest BCUT2D eigenvalue weighted by Gasteiger charge is -2.42. The number of nitrogens with one attached hydrogen (secondary N) is 1. The summed E-state index contributed by atoms with van der Waals surface area (Å²) in [6.07, 6.45) is 2.67. The molecule has 5 heterocycles. The van der Waals surface area contributed by atoms with Gasteiger partial charge in [-0.15, -0.1) is 11.3 Å². The first-order valence-electron chi connectivity index (χ1n) is 21.1. The van der Waals surface area contributed by atoms with Crippen LogP contribution in [0.25, 0.3) is 32.1 Å². The van der Waals surface area contributed by atoms with Crippen molar-refractivity contribution < 1.29 is 47.2 Å². The zero-order valence-electron chi connectivity index (χ0n) is 36.2. The summed E-state index contributed by atoms with van der Waals surface area (Å²) in [5, 5.41) is 22.1. The number of aromatic nitrogens is 2. The molecule has 63 heavy (non-hydrogen) atoms. The van der Waals surface area contributed by atoms with Crippen molar-refractivity contribution in [2.24, 2.45) is 0 Å². The van der Waals surface area contributed by atoms with Crippen molar-refractivity contribution in [1.82, 2.24) is 19.8 Å². The van der Waals surface area contributed by atoms with E-state index in [2.05, 4.69) is 21.3 Å². The Balaban J connectivity index is 1.26. The Morgan fingerprint density at radius 2 is 1.75 bits per heavy atom. The molecular weight excluding hydrogens is 860 g/mol. The van der Waals surface area contributed by atoms with Gasteiger partial charge in [0.15, 0.2) is 5.82 Å². The number of carboxylic acid groups (broad SMARTS) is 1. The number of piperazine rings is 1. The van der Waals surface area contributed by atoms with Crippen molar-refractivity contribution in [3.8, 4) is 23.2 Å². The van der Waals surface area contributed by atoms with Gasteiger partial charge in [0.2, 0.25) is 0 Å². The number of carbonyl (C=O) groups excluding carboxylic acids is 2. The molecular formula is C44H52ClF2N7O8S. The molecule has 3 saturated heterocycles. The number of benzene rings is 2. The lowest BCUT2D eigenvalue weighted by atomic mass is 9.97. The van der Waals surface area contributed by atoms with Crippen LogP contribution in [-0.4, -0.2) is 118 Å². The molecule has 2 aromatic carbocycles. The molecule has 338 valence electrons. The van der Waals surface area contributed by atoms with Crippen LogP contribution >= 0.6 is 22.9 Å². The van der Waals surface area contributed by atoms with E-state index in [1.807, 2.05) is 25.7 Å². The number of hydrogen-bond acceptors (Lipinski definition) is 13. The second kappa shape index (κ2) is 18.6. The molecule has 0 radical (unpaired) electrons. The topological polar surface area (TPSA) is 180 Å². The number of ether oxygens (including phenoxy) is 4. The first-order chi connectivity index (χ1) is 29.8. The third kappa shape index (κ3) is 10.3. The number of aliphatic carboxylic acids is 1. The monoisotopic (exact) mass is 911 g/mol. The maximum atomic E-state index is 17.5. The lowest BCUT2D eigenvalue weighted by molar-refractivity contribution is -0.138. The van der Waals surface area contributed by atoms with Crippen molar-refractivity contribution in [3.05, 3.63) is 40.4 Å². The van der Waals surface area contributed by atoms with E-state index in [1.165, 1.54) is 6.07 Å². The van der Waals surface area contributed by atoms with E-state index in [-0.39, 0.29) is 86.1 Å². The fraction of sp³-hybridized carbons (Fsp3) is 0.545. The molecule has 3 aliphatic heterocycles. The molecule has 15 nitrogen and oxygen atoms in total. The summed E-state index contributed by atoms with van der Waals surface area (Å²) >= 11 is 7.84. The van der Waals surface area contributed by atoms with Gasteiger partial charge in [-0.3, -0.25) is 19.9 Å². The molecule has 7 rings (SSSR count). The first-order valence-corrected chi connectivity index (χ1v) is 22.3. The molecule has 2 N–H and O–H groups in total. The standard InChI is InChI=1S/C44H52ClF2N7O8S/c1-43(2,3)61-41(57)51-39-29(20-48)33-27(12-13-31(46)37(33)63-39)34-30(45)19-28-36(35(34)47)49-40(60-23-26-9-7-15-52(26)16-8-17-59-18-14-32(55)56)50-38(28)53-21-24-10-11-25(22-53)54(24)42(58)62-44(4,5)6/h12-13,19,24-26H,7-11,14-18,21-23H2,1-6H3,(H,51,57)(H,55,56)/t24-,25-,26+/m1/s1. The SMILES string of the molecule is CC(C)(C)OC(=O)Nc1sc2c(F)ccc(-c3c(Cl)cc4c(N5C[C@H]6CC[C@H](C5)N6C(=O)OC(C)(C)C)nc(OC[C@@H]5CCCN5CCCOCCC(=O)O)nc4c3F)c2c1C#N. The Kier molecular flexibility index (Phi) is 13.5. The quantitative estimate of drug-likeness (QED) is 0.122. The first kappa shape index (κ1) is 45.9. The van der Waals surface area contributed by atoms with Gasteiger partial charge >= 0.3 is 24.2 Å². The van der Waals surface area contributed by atoms with Crippen LogP contribution in [0.5, 0.6) is 6.01 Å². The Bertz CT molecular complexity index is 2440. The fourth-order valence-electron chi connectivity index (χ4n) is 8.55. The summed E-state index contributed by atoms with van der Waals surface area (Å²) in [5.74, 6) is -2.08. The van der Waals surface area contributed by atoms with Crippen LogP contribution < -0.4 is 15.0 Å². The van der Waals surface area contributed by atoms with Crippen molar-refractivity contribution in [2.75, 3.05) is 56.2 Å². The number of nitrogens with zero attached hydrogens (tertiary/aromatic N) is 6. The van der Waals surface area contributed by atoms with Crippen molar-refractivity contribution >= 4 is 72.9 Å². The highest BCUT2D eigenvalue weighted by Gasteiger charge is 2.45. The molecule has 2 amide bonds. The summed E-state index contributed by atoms with van der Waals surface area (Å²) in [6.45, 7) is 13.6. The minimum atomic E-state index is -0.910. The van der Waals surface area contributed by atoms with E-state index < -0.39 is 41.0 Å². The van der Waals surface area contributed by atoms with E-state index >= 15 is 8.78 Å². The molecule has 0 saturated carbocycles. The van der Waals surface area contributed by atoms with Crippen LogP contribution in [0.2, 0.25) is 5.02 Å².